The summed E-state index contributed by atoms with van der Waals surface area (Å²) in [7, 11) is 0. The summed E-state index contributed by atoms with van der Waals surface area (Å²) in [5.41, 5.74) is 9.59. The Morgan fingerprint density at radius 2 is 2.05 bits per heavy atom. The highest BCUT2D eigenvalue weighted by atomic mass is 79.9. The zero-order valence-corrected chi connectivity index (χ0v) is 11.8. The minimum absolute atomic E-state index is 0.296. The van der Waals surface area contributed by atoms with Gasteiger partial charge in [0.15, 0.2) is 0 Å². The maximum atomic E-state index is 13.2. The zero-order chi connectivity index (χ0) is 13.6. The second-order valence-corrected chi connectivity index (χ2v) is 5.20. The molecular formula is C14H11BrFN3. The average Bonchev–Trinajstić information content (AvgIpc) is 2.68. The Kier molecular flexibility index (Phi) is 2.78. The molecule has 0 unspecified atom stereocenters. The Bertz CT molecular complexity index is 780. The summed E-state index contributed by atoms with van der Waals surface area (Å²) in [6.45, 7) is 1.98. The molecule has 3 rings (SSSR count). The van der Waals surface area contributed by atoms with Gasteiger partial charge in [0, 0.05) is 4.47 Å². The van der Waals surface area contributed by atoms with Crippen LogP contribution in [0.4, 0.5) is 10.3 Å². The number of para-hydroxylation sites is 1. The molecule has 3 nitrogen and oxygen atoms in total. The van der Waals surface area contributed by atoms with Gasteiger partial charge in [-0.2, -0.15) is 0 Å². The van der Waals surface area contributed by atoms with Crippen LogP contribution in [-0.2, 0) is 0 Å². The van der Waals surface area contributed by atoms with E-state index in [0.717, 1.165) is 22.3 Å². The number of fused-ring (bicyclic) bond motifs is 1. The van der Waals surface area contributed by atoms with E-state index in [0.29, 0.717) is 10.4 Å². The van der Waals surface area contributed by atoms with Gasteiger partial charge in [0.05, 0.1) is 16.7 Å². The van der Waals surface area contributed by atoms with Crippen LogP contribution in [0, 0.1) is 12.7 Å². The maximum Gasteiger partial charge on any atom is 0.205 e. The highest BCUT2D eigenvalue weighted by molar-refractivity contribution is 9.10. The van der Waals surface area contributed by atoms with E-state index >= 15 is 0 Å². The minimum Gasteiger partial charge on any atom is -0.369 e. The highest BCUT2D eigenvalue weighted by Crippen LogP contribution is 2.29. The number of aryl methyl sites for hydroxylation is 1. The molecule has 2 aromatic carbocycles. The standard InChI is InChI=1S/C14H11BrFN3/c1-8-3-2-4-12-13(8)18-14(17)19(12)11-6-5-9(16)7-10(11)15/h2-7H,1H3,(H2,17,18). The first-order chi connectivity index (χ1) is 9.08. The van der Waals surface area contributed by atoms with Crippen molar-refractivity contribution in [3.63, 3.8) is 0 Å². The Hall–Kier alpha value is -1.88. The third-order valence-electron chi connectivity index (χ3n) is 3.06. The molecule has 1 aromatic heterocycles. The molecule has 0 fully saturated rings. The summed E-state index contributed by atoms with van der Waals surface area (Å²) in [6, 6.07) is 10.4. The molecule has 19 heavy (non-hydrogen) atoms. The molecule has 0 spiro atoms. The van der Waals surface area contributed by atoms with E-state index in [-0.39, 0.29) is 5.82 Å². The van der Waals surface area contributed by atoms with Crippen molar-refractivity contribution >= 4 is 32.9 Å². The number of rotatable bonds is 1. The molecule has 0 atom stereocenters. The SMILES string of the molecule is Cc1cccc2c1nc(N)n2-c1ccc(F)cc1Br. The normalized spacial score (nSPS) is 11.1. The van der Waals surface area contributed by atoms with Crippen LogP contribution in [-0.4, -0.2) is 9.55 Å². The molecule has 2 N–H and O–H groups in total. The first-order valence-electron chi connectivity index (χ1n) is 5.77. The fraction of sp³-hybridized carbons (Fsp3) is 0.0714. The second-order valence-electron chi connectivity index (χ2n) is 4.34. The summed E-state index contributed by atoms with van der Waals surface area (Å²) in [5, 5.41) is 0. The molecule has 5 heteroatoms. The van der Waals surface area contributed by atoms with E-state index in [1.807, 2.05) is 29.7 Å². The van der Waals surface area contributed by atoms with Gasteiger partial charge in [-0.25, -0.2) is 9.37 Å². The average molecular weight is 320 g/mol. The number of hydrogen-bond donors (Lipinski definition) is 1. The fourth-order valence-electron chi connectivity index (χ4n) is 2.17. The lowest BCUT2D eigenvalue weighted by molar-refractivity contribution is 0.626. The van der Waals surface area contributed by atoms with Crippen LogP contribution in [0.1, 0.15) is 5.56 Å². The van der Waals surface area contributed by atoms with E-state index in [1.165, 1.54) is 12.1 Å². The number of halogens is 2. The van der Waals surface area contributed by atoms with Crippen LogP contribution in [0.5, 0.6) is 0 Å². The molecule has 0 saturated carbocycles. The van der Waals surface area contributed by atoms with Crippen molar-refractivity contribution in [2.24, 2.45) is 0 Å². The number of nitrogen functional groups attached to an aromatic ring is 1. The number of aromatic nitrogens is 2. The van der Waals surface area contributed by atoms with E-state index in [2.05, 4.69) is 20.9 Å². The molecule has 0 aliphatic rings. The summed E-state index contributed by atoms with van der Waals surface area (Å²) in [4.78, 5) is 4.38. The van der Waals surface area contributed by atoms with Gasteiger partial charge in [-0.3, -0.25) is 4.57 Å². The van der Waals surface area contributed by atoms with Crippen molar-refractivity contribution in [1.82, 2.24) is 9.55 Å². The Balaban J connectivity index is 2.36. The first-order valence-corrected chi connectivity index (χ1v) is 6.56. The lowest BCUT2D eigenvalue weighted by Gasteiger charge is -2.09. The highest BCUT2D eigenvalue weighted by Gasteiger charge is 2.13. The van der Waals surface area contributed by atoms with Crippen LogP contribution in [0.2, 0.25) is 0 Å². The third kappa shape index (κ3) is 1.90. The van der Waals surface area contributed by atoms with E-state index < -0.39 is 0 Å². The molecule has 0 aliphatic heterocycles. The summed E-state index contributed by atoms with van der Waals surface area (Å²) in [5.74, 6) is 0.0893. The first kappa shape index (κ1) is 12.2. The summed E-state index contributed by atoms with van der Waals surface area (Å²) < 4.78 is 15.6. The molecule has 0 bridgehead atoms. The van der Waals surface area contributed by atoms with Gasteiger partial charge in [-0.05, 0) is 52.7 Å². The second kappa shape index (κ2) is 4.35. The van der Waals surface area contributed by atoms with Gasteiger partial charge in [0.25, 0.3) is 0 Å². The molecule has 0 aliphatic carbocycles. The molecule has 0 amide bonds. The monoisotopic (exact) mass is 319 g/mol. The van der Waals surface area contributed by atoms with E-state index in [1.54, 1.807) is 6.07 Å². The fourth-order valence-corrected chi connectivity index (χ4v) is 2.70. The van der Waals surface area contributed by atoms with Crippen LogP contribution >= 0.6 is 15.9 Å². The van der Waals surface area contributed by atoms with Crippen molar-refractivity contribution in [1.29, 1.82) is 0 Å². The predicted molar refractivity (Wildman–Crippen MR) is 77.9 cm³/mol. The van der Waals surface area contributed by atoms with Crippen molar-refractivity contribution in [3.05, 3.63) is 52.3 Å². The molecule has 1 heterocycles. The Morgan fingerprint density at radius 3 is 2.79 bits per heavy atom. The van der Waals surface area contributed by atoms with Crippen molar-refractivity contribution in [2.75, 3.05) is 5.73 Å². The number of nitrogens with two attached hydrogens (primary N) is 1. The van der Waals surface area contributed by atoms with Crippen LogP contribution in [0.25, 0.3) is 16.7 Å². The van der Waals surface area contributed by atoms with Crippen molar-refractivity contribution in [3.8, 4) is 5.69 Å². The van der Waals surface area contributed by atoms with Gasteiger partial charge < -0.3 is 5.73 Å². The van der Waals surface area contributed by atoms with E-state index in [4.69, 9.17) is 5.73 Å². The number of benzene rings is 2. The number of anilines is 1. The summed E-state index contributed by atoms with van der Waals surface area (Å²) in [6.07, 6.45) is 0. The molecular weight excluding hydrogens is 309 g/mol. The minimum atomic E-state index is -0.296. The lowest BCUT2D eigenvalue weighted by atomic mass is 10.2. The van der Waals surface area contributed by atoms with Gasteiger partial charge >= 0.3 is 0 Å². The maximum absolute atomic E-state index is 13.2. The van der Waals surface area contributed by atoms with Crippen LogP contribution in [0.15, 0.2) is 40.9 Å². The summed E-state index contributed by atoms with van der Waals surface area (Å²) >= 11 is 3.36. The van der Waals surface area contributed by atoms with Gasteiger partial charge in [0.2, 0.25) is 5.95 Å². The van der Waals surface area contributed by atoms with Gasteiger partial charge in [-0.1, -0.05) is 12.1 Å². The van der Waals surface area contributed by atoms with Crippen molar-refractivity contribution in [2.45, 2.75) is 6.92 Å². The molecule has 3 aromatic rings. The Labute approximate surface area is 118 Å². The van der Waals surface area contributed by atoms with Crippen LogP contribution in [0.3, 0.4) is 0 Å². The Morgan fingerprint density at radius 1 is 1.26 bits per heavy atom. The molecule has 0 saturated heterocycles. The van der Waals surface area contributed by atoms with Crippen LogP contribution < -0.4 is 5.73 Å². The smallest absolute Gasteiger partial charge is 0.205 e. The predicted octanol–water partition coefficient (Wildman–Crippen LogP) is 3.82. The van der Waals surface area contributed by atoms with Crippen molar-refractivity contribution < 1.29 is 4.39 Å². The molecule has 96 valence electrons. The quantitative estimate of drug-likeness (QED) is 0.741. The largest absolute Gasteiger partial charge is 0.369 e. The number of imidazole rings is 1. The van der Waals surface area contributed by atoms with Gasteiger partial charge in [-0.15, -0.1) is 0 Å². The lowest BCUT2D eigenvalue weighted by Crippen LogP contribution is -2.01. The molecule has 0 radical (unpaired) electrons. The van der Waals surface area contributed by atoms with E-state index in [9.17, 15) is 4.39 Å². The van der Waals surface area contributed by atoms with Gasteiger partial charge in [0.1, 0.15) is 5.82 Å². The topological polar surface area (TPSA) is 43.8 Å². The zero-order valence-electron chi connectivity index (χ0n) is 10.2. The third-order valence-corrected chi connectivity index (χ3v) is 3.70. The number of nitrogens with zero attached hydrogens (tertiary/aromatic N) is 2. The number of hydrogen-bond acceptors (Lipinski definition) is 2.